The molecule has 2 aromatic heterocycles. The molecule has 1 amide bonds. The number of halogens is 3. The Morgan fingerprint density at radius 1 is 1.18 bits per heavy atom. The zero-order chi connectivity index (χ0) is 27.4. The minimum Gasteiger partial charge on any atom is -0.377 e. The molecule has 0 saturated carbocycles. The predicted octanol–water partition coefficient (Wildman–Crippen LogP) is 3.56. The average molecular weight is 581 g/mol. The first-order valence-corrected chi connectivity index (χ1v) is 14.1. The number of nitrogens with zero attached hydrogens (tertiary/aromatic N) is 5. The number of rotatable bonds is 5. The summed E-state index contributed by atoms with van der Waals surface area (Å²) in [5, 5.41) is 0.533. The Labute approximate surface area is 224 Å². The van der Waals surface area contributed by atoms with Gasteiger partial charge in [0, 0.05) is 42.7 Å². The highest BCUT2D eigenvalue weighted by Crippen LogP contribution is 2.42. The van der Waals surface area contributed by atoms with Gasteiger partial charge in [0.25, 0.3) is 5.91 Å². The number of piperazine rings is 1. The summed E-state index contributed by atoms with van der Waals surface area (Å²) in [6.45, 7) is 4.43. The third-order valence-corrected chi connectivity index (χ3v) is 7.63. The zero-order valence-corrected chi connectivity index (χ0v) is 22.1. The Morgan fingerprint density at radius 3 is 2.58 bits per heavy atom. The quantitative estimate of drug-likeness (QED) is 0.214. The molecule has 2 aromatic carbocycles. The van der Waals surface area contributed by atoms with Gasteiger partial charge >= 0.3 is 10.1 Å². The average Bonchev–Trinajstić information content (AvgIpc) is 3.26. The molecule has 3 heterocycles. The van der Waals surface area contributed by atoms with Gasteiger partial charge in [-0.25, -0.2) is 23.7 Å². The van der Waals surface area contributed by atoms with Gasteiger partial charge in [-0.2, -0.15) is 8.42 Å². The summed E-state index contributed by atoms with van der Waals surface area (Å²) < 4.78 is 57.6. The van der Waals surface area contributed by atoms with E-state index in [1.807, 2.05) is 4.90 Å². The standard InChI is InChI=1S/C23H19ClF2N6O4S2/c1-11(36-38(2,34)35)22(33)32-7-5-31(6-8-32)21-13-9-14(24)16(17(26)18(13)28-10-29-21)12-3-4-15(25)20-19(12)30-23(27)37-20/h3-4,9-10H,1,5-8H2,2H3,(H2,27,30). The van der Waals surface area contributed by atoms with Crippen LogP contribution in [0.25, 0.3) is 32.2 Å². The third-order valence-electron chi connectivity index (χ3n) is 5.94. The highest BCUT2D eigenvalue weighted by atomic mass is 35.5. The van der Waals surface area contributed by atoms with Crippen LogP contribution in [0.15, 0.2) is 36.9 Å². The summed E-state index contributed by atoms with van der Waals surface area (Å²) >= 11 is 7.52. The fourth-order valence-electron chi connectivity index (χ4n) is 4.33. The molecule has 4 aromatic rings. The maximum Gasteiger partial charge on any atom is 0.306 e. The molecule has 1 aliphatic rings. The number of hydrogen-bond donors (Lipinski definition) is 1. The minimum absolute atomic E-state index is 0.00325. The Balaban J connectivity index is 1.47. The van der Waals surface area contributed by atoms with Gasteiger partial charge in [-0.3, -0.25) is 4.79 Å². The molecule has 1 saturated heterocycles. The molecular formula is C23H19ClF2N6O4S2. The summed E-state index contributed by atoms with van der Waals surface area (Å²) in [6.07, 6.45) is 2.04. The van der Waals surface area contributed by atoms with Crippen molar-refractivity contribution in [1.29, 1.82) is 0 Å². The largest absolute Gasteiger partial charge is 0.377 e. The van der Waals surface area contributed by atoms with E-state index in [9.17, 15) is 17.6 Å². The van der Waals surface area contributed by atoms with Crippen molar-refractivity contribution in [2.75, 3.05) is 43.1 Å². The van der Waals surface area contributed by atoms with Crippen LogP contribution in [0.5, 0.6) is 0 Å². The minimum atomic E-state index is -3.88. The number of amides is 1. The van der Waals surface area contributed by atoms with E-state index in [-0.39, 0.29) is 50.1 Å². The topological polar surface area (TPSA) is 132 Å². The van der Waals surface area contributed by atoms with E-state index in [0.717, 1.165) is 17.6 Å². The number of carbonyl (C=O) groups is 1. The molecule has 1 fully saturated rings. The molecule has 0 unspecified atom stereocenters. The predicted molar refractivity (Wildman–Crippen MR) is 141 cm³/mol. The monoisotopic (exact) mass is 580 g/mol. The number of fused-ring (bicyclic) bond motifs is 2. The molecule has 2 N–H and O–H groups in total. The van der Waals surface area contributed by atoms with Crippen molar-refractivity contribution in [1.82, 2.24) is 19.9 Å². The van der Waals surface area contributed by atoms with Crippen molar-refractivity contribution in [2.45, 2.75) is 0 Å². The van der Waals surface area contributed by atoms with E-state index in [1.165, 1.54) is 29.4 Å². The molecule has 38 heavy (non-hydrogen) atoms. The fraction of sp³-hybridized carbons (Fsp3) is 0.217. The second-order valence-electron chi connectivity index (χ2n) is 8.46. The van der Waals surface area contributed by atoms with Gasteiger partial charge in [-0.1, -0.05) is 22.9 Å². The number of aromatic nitrogens is 3. The Hall–Kier alpha value is -3.62. The van der Waals surface area contributed by atoms with E-state index in [1.54, 1.807) is 0 Å². The Bertz CT molecular complexity index is 1740. The van der Waals surface area contributed by atoms with Gasteiger partial charge in [0.2, 0.25) is 0 Å². The Morgan fingerprint density at radius 2 is 1.89 bits per heavy atom. The molecule has 0 spiro atoms. The summed E-state index contributed by atoms with van der Waals surface area (Å²) in [7, 11) is -3.88. The third kappa shape index (κ3) is 4.70. The number of thiazole rings is 1. The molecule has 198 valence electrons. The first kappa shape index (κ1) is 26.0. The summed E-state index contributed by atoms with van der Waals surface area (Å²) in [6, 6.07) is 4.14. The van der Waals surface area contributed by atoms with Crippen LogP contribution in [-0.4, -0.2) is 66.6 Å². The van der Waals surface area contributed by atoms with E-state index < -0.39 is 33.4 Å². The Kier molecular flexibility index (Phi) is 6.57. The summed E-state index contributed by atoms with van der Waals surface area (Å²) in [5.74, 6) is -1.98. The van der Waals surface area contributed by atoms with Crippen molar-refractivity contribution in [3.05, 3.63) is 53.5 Å². The van der Waals surface area contributed by atoms with Gasteiger partial charge in [0.15, 0.2) is 16.7 Å². The smallest absolute Gasteiger partial charge is 0.306 e. The van der Waals surface area contributed by atoms with Gasteiger partial charge in [-0.15, -0.1) is 0 Å². The molecule has 0 radical (unpaired) electrons. The van der Waals surface area contributed by atoms with Crippen molar-refractivity contribution < 1.29 is 26.2 Å². The van der Waals surface area contributed by atoms with Crippen LogP contribution in [0.4, 0.5) is 19.7 Å². The lowest BCUT2D eigenvalue weighted by atomic mass is 10.0. The van der Waals surface area contributed by atoms with E-state index in [2.05, 4.69) is 25.7 Å². The second kappa shape index (κ2) is 9.60. The van der Waals surface area contributed by atoms with Crippen molar-refractivity contribution in [3.8, 4) is 11.1 Å². The number of nitrogens with two attached hydrogens (primary N) is 1. The van der Waals surface area contributed by atoms with Crippen LogP contribution in [-0.2, 0) is 19.1 Å². The van der Waals surface area contributed by atoms with Crippen LogP contribution in [0, 0.1) is 11.6 Å². The highest BCUT2D eigenvalue weighted by Gasteiger charge is 2.28. The molecule has 0 aliphatic carbocycles. The number of anilines is 2. The molecule has 0 bridgehead atoms. The van der Waals surface area contributed by atoms with Crippen LogP contribution < -0.4 is 10.6 Å². The lowest BCUT2D eigenvalue weighted by molar-refractivity contribution is -0.129. The second-order valence-corrected chi connectivity index (χ2v) is 11.5. The number of benzene rings is 2. The van der Waals surface area contributed by atoms with Crippen molar-refractivity contribution in [3.63, 3.8) is 0 Å². The number of hydrogen-bond acceptors (Lipinski definition) is 10. The van der Waals surface area contributed by atoms with E-state index >= 15 is 4.39 Å². The normalized spacial score (nSPS) is 14.3. The van der Waals surface area contributed by atoms with Crippen molar-refractivity contribution in [2.24, 2.45) is 0 Å². The highest BCUT2D eigenvalue weighted by molar-refractivity contribution is 7.86. The van der Waals surface area contributed by atoms with E-state index in [0.29, 0.717) is 24.3 Å². The summed E-state index contributed by atoms with van der Waals surface area (Å²) in [4.78, 5) is 28.4. The SMILES string of the molecule is C=C(OS(C)(=O)=O)C(=O)N1CCN(c2ncnc3c(F)c(-c4ccc(F)c5sc(N)nc45)c(Cl)cc23)CC1. The summed E-state index contributed by atoms with van der Waals surface area (Å²) in [5.41, 5.74) is 6.27. The van der Waals surface area contributed by atoms with Gasteiger partial charge in [0.1, 0.15) is 23.5 Å². The zero-order valence-electron chi connectivity index (χ0n) is 19.7. The van der Waals surface area contributed by atoms with Gasteiger partial charge in [0.05, 0.1) is 21.5 Å². The van der Waals surface area contributed by atoms with Crippen molar-refractivity contribution >= 4 is 71.0 Å². The lowest BCUT2D eigenvalue weighted by Crippen LogP contribution is -2.49. The number of nitrogen functional groups attached to an aromatic ring is 1. The van der Waals surface area contributed by atoms with Gasteiger partial charge in [-0.05, 0) is 24.8 Å². The molecule has 0 atom stereocenters. The fourth-order valence-corrected chi connectivity index (χ4v) is 5.82. The van der Waals surface area contributed by atoms with Crippen LogP contribution in [0.3, 0.4) is 0 Å². The lowest BCUT2D eigenvalue weighted by Gasteiger charge is -2.35. The number of carbonyl (C=O) groups excluding carboxylic acids is 1. The molecular weight excluding hydrogens is 562 g/mol. The molecule has 5 rings (SSSR count). The molecule has 1 aliphatic heterocycles. The van der Waals surface area contributed by atoms with Crippen LogP contribution >= 0.6 is 22.9 Å². The molecule has 10 nitrogen and oxygen atoms in total. The first-order chi connectivity index (χ1) is 17.9. The van der Waals surface area contributed by atoms with Crippen LogP contribution in [0.2, 0.25) is 5.02 Å². The first-order valence-electron chi connectivity index (χ1n) is 11.0. The van der Waals surface area contributed by atoms with Crippen LogP contribution in [0.1, 0.15) is 0 Å². The van der Waals surface area contributed by atoms with E-state index in [4.69, 9.17) is 17.3 Å². The maximum atomic E-state index is 15.9. The molecule has 15 heteroatoms. The maximum absolute atomic E-state index is 15.9. The van der Waals surface area contributed by atoms with Gasteiger partial charge < -0.3 is 19.7 Å².